The SMILES string of the molecule is C=C1C(C)CC(C)/C=C/C=C/C=C(\C)C(OCC2CCCO2)CC2CCC(C)C(O)(O2)C(=O)C(=O)N2CCCCC2C(=O)OC(C(C)CC2CCC(O)C(OC)C2)CC(=O)C(C)/C=C(\C)C(O)C1OC.C=C1C(C)CC(C)/C=C/C=C/C=C(\C)C(OCC2CCCO2)CC2CCC(C)C(O)(O2)C(=O)C(=O)N2CCCCC2C(=O)OC(C(C)CC2CCC(OCCO)C(OC)C2)CC(=O)C(C)/C=C(\C)C(O)C1OC. The quantitative estimate of drug-likeness (QED) is 0.0397. The molecule has 2 amide bonds. The number of hydrogen-bond donors (Lipinski definition) is 6. The van der Waals surface area contributed by atoms with Crippen molar-refractivity contribution >= 4 is 46.9 Å². The maximum absolute atomic E-state index is 14.6. The molecule has 32 atom stereocenters. The van der Waals surface area contributed by atoms with Gasteiger partial charge in [-0.1, -0.05) is 155 Å². The lowest BCUT2D eigenvalue weighted by Gasteiger charge is -2.43. The minimum absolute atomic E-state index is 0.00752. The molecule has 4 bridgehead atoms. The van der Waals surface area contributed by atoms with Gasteiger partial charge < -0.3 is 102 Å². The lowest BCUT2D eigenvalue weighted by molar-refractivity contribution is -0.266. The fourth-order valence-corrected chi connectivity index (χ4v) is 22.7. The van der Waals surface area contributed by atoms with Crippen LogP contribution in [0.25, 0.3) is 0 Å². The summed E-state index contributed by atoms with van der Waals surface area (Å²) in [5.41, 5.74) is 4.41. The predicted molar refractivity (Wildman–Crippen MR) is 545 cm³/mol. The molecule has 0 aromatic carbocycles. The van der Waals surface area contributed by atoms with E-state index in [-0.39, 0.29) is 141 Å². The van der Waals surface area contributed by atoms with E-state index in [4.69, 9.17) is 61.6 Å². The van der Waals surface area contributed by atoms with E-state index < -0.39 is 150 Å². The zero-order valence-corrected chi connectivity index (χ0v) is 89.3. The van der Waals surface area contributed by atoms with E-state index in [9.17, 15) is 69.0 Å². The average Bonchev–Trinajstić information content (AvgIpc) is 1.70. The molecular weight excluding hydrogens is 1830 g/mol. The molecule has 8 heterocycles. The number of hydrogen-bond acceptors (Lipinski definition) is 27. The number of esters is 2. The van der Waals surface area contributed by atoms with E-state index in [0.29, 0.717) is 140 Å². The molecule has 29 nitrogen and oxygen atoms in total. The van der Waals surface area contributed by atoms with Gasteiger partial charge in [0.2, 0.25) is 11.6 Å². The van der Waals surface area contributed by atoms with Gasteiger partial charge in [0.1, 0.15) is 60.3 Å². The molecule has 32 unspecified atom stereocenters. The highest BCUT2D eigenvalue weighted by Gasteiger charge is 2.56. The van der Waals surface area contributed by atoms with Crippen molar-refractivity contribution in [2.24, 2.45) is 71.0 Å². The summed E-state index contributed by atoms with van der Waals surface area (Å²) in [6.07, 6.45) is 30.2. The van der Waals surface area contributed by atoms with Gasteiger partial charge in [-0.3, -0.25) is 28.8 Å². The van der Waals surface area contributed by atoms with Crippen molar-refractivity contribution in [2.75, 3.05) is 81.2 Å². The van der Waals surface area contributed by atoms with Crippen molar-refractivity contribution in [1.29, 1.82) is 0 Å². The first kappa shape index (κ1) is 120. The number of carbonyl (C=O) groups excluding carboxylic acids is 8. The van der Waals surface area contributed by atoms with Crippen molar-refractivity contribution < 1.29 is 131 Å². The molecule has 143 heavy (non-hydrogen) atoms. The van der Waals surface area contributed by atoms with Crippen LogP contribution in [0.1, 0.15) is 277 Å². The lowest BCUT2D eigenvalue weighted by Crippen LogP contribution is -2.61. The Morgan fingerprint density at radius 3 is 1.26 bits per heavy atom. The molecule has 10 aliphatic rings. The Labute approximate surface area is 852 Å². The first-order valence-corrected chi connectivity index (χ1v) is 53.7. The highest BCUT2D eigenvalue weighted by atomic mass is 16.7. The third kappa shape index (κ3) is 34.1. The number of cyclic esters (lactones) is 2. The molecule has 806 valence electrons. The molecule has 0 radical (unpaired) electrons. The zero-order valence-electron chi connectivity index (χ0n) is 89.3. The second-order valence-electron chi connectivity index (χ2n) is 43.6. The van der Waals surface area contributed by atoms with Crippen LogP contribution in [0, 0.1) is 71.0 Å². The van der Waals surface area contributed by atoms with Gasteiger partial charge in [-0.05, 0) is 263 Å². The number of aliphatic hydroxyl groups excluding tert-OH is 4. The van der Waals surface area contributed by atoms with Gasteiger partial charge >= 0.3 is 11.9 Å². The van der Waals surface area contributed by atoms with Gasteiger partial charge in [0.05, 0.1) is 87.5 Å². The minimum atomic E-state index is -2.44. The van der Waals surface area contributed by atoms with Crippen LogP contribution in [-0.2, 0) is 99.9 Å². The molecule has 6 saturated heterocycles. The highest BCUT2D eigenvalue weighted by Crippen LogP contribution is 2.43. The van der Waals surface area contributed by atoms with Gasteiger partial charge in [-0.15, -0.1) is 0 Å². The van der Waals surface area contributed by atoms with Gasteiger partial charge in [-0.2, -0.15) is 0 Å². The minimum Gasteiger partial charge on any atom is -0.460 e. The summed E-state index contributed by atoms with van der Waals surface area (Å²) >= 11 is 0. The van der Waals surface area contributed by atoms with E-state index in [2.05, 4.69) is 53.0 Å². The molecule has 29 heteroatoms. The van der Waals surface area contributed by atoms with E-state index in [1.165, 1.54) is 9.80 Å². The summed E-state index contributed by atoms with van der Waals surface area (Å²) in [7, 11) is 6.31. The summed E-state index contributed by atoms with van der Waals surface area (Å²) in [5, 5.41) is 67.6. The summed E-state index contributed by atoms with van der Waals surface area (Å²) in [5.74, 6) is -13.8. The van der Waals surface area contributed by atoms with E-state index in [0.717, 1.165) is 73.7 Å². The van der Waals surface area contributed by atoms with Crippen LogP contribution in [0.3, 0.4) is 0 Å². The van der Waals surface area contributed by atoms with Crippen LogP contribution >= 0.6 is 0 Å². The van der Waals surface area contributed by atoms with E-state index in [1.807, 2.05) is 76.3 Å². The van der Waals surface area contributed by atoms with Gasteiger partial charge in [0, 0.05) is 104 Å². The fourth-order valence-electron chi connectivity index (χ4n) is 22.7. The topological polar surface area (TPSA) is 384 Å². The number of piperidine rings is 2. The summed E-state index contributed by atoms with van der Waals surface area (Å²) in [6.45, 7) is 37.8. The number of aliphatic hydroxyl groups is 6. The van der Waals surface area contributed by atoms with Crippen LogP contribution in [0.15, 0.2) is 120 Å². The number of nitrogens with zero attached hydrogens (tertiary/aromatic N) is 2. The number of methoxy groups -OCH3 is 4. The average molecular weight is 2010 g/mol. The first-order chi connectivity index (χ1) is 68.1. The lowest BCUT2D eigenvalue weighted by atomic mass is 9.78. The number of amides is 2. The van der Waals surface area contributed by atoms with Crippen molar-refractivity contribution in [3.63, 3.8) is 0 Å². The molecule has 8 fully saturated rings. The predicted octanol–water partition coefficient (Wildman–Crippen LogP) is 15.5. The van der Waals surface area contributed by atoms with Crippen molar-refractivity contribution in [1.82, 2.24) is 9.80 Å². The van der Waals surface area contributed by atoms with Gasteiger partial charge in [0.15, 0.2) is 0 Å². The Kier molecular flexibility index (Phi) is 49.0. The fraction of sp³-hybridized carbons (Fsp3) is 0.754. The first-order valence-electron chi connectivity index (χ1n) is 53.7. The third-order valence-electron chi connectivity index (χ3n) is 32.3. The summed E-state index contributed by atoms with van der Waals surface area (Å²) in [4.78, 5) is 118. The molecule has 0 aromatic heterocycles. The molecule has 0 spiro atoms. The second-order valence-corrected chi connectivity index (χ2v) is 43.6. The maximum atomic E-state index is 14.6. The highest BCUT2D eigenvalue weighted by molar-refractivity contribution is 6.39. The van der Waals surface area contributed by atoms with Crippen molar-refractivity contribution in [3.05, 3.63) is 120 Å². The third-order valence-corrected chi connectivity index (χ3v) is 32.3. The number of allylic oxidation sites excluding steroid dienone is 12. The van der Waals surface area contributed by atoms with Crippen molar-refractivity contribution in [3.8, 4) is 0 Å². The number of carbonyl (C=O) groups is 8. The maximum Gasteiger partial charge on any atom is 0.329 e. The number of Topliss-reactive ketones (excluding diaryl/α,β-unsaturated/α-hetero) is 4. The second kappa shape index (κ2) is 58.5. The Bertz CT molecular complexity index is 4360. The molecule has 6 N–H and O–H groups in total. The van der Waals surface area contributed by atoms with Crippen LogP contribution in [0.4, 0.5) is 0 Å². The molecule has 10 rings (SSSR count). The number of rotatable bonds is 19. The standard InChI is InChI=1S/C58H91NO14.C56H87NO13/c1-36-17-12-11-13-18-37(2)50(71-35-46-19-16-27-69-46)33-45-23-21-42(7)58(66,73-45)55(63)56(64)59-25-15-14-20-47(59)57(65)72-51(40(5)31-44-22-24-49(70-28-26-60)52(32-44)67-9)34-48(61)39(4)30-41(6)53(62)54(68-10)43(8)38(3)29-36;1-34-17-12-11-13-18-35(2)48(68-33-44-19-16-26-67-44)31-43-23-21-40(7)56(64,70-43)53(61)54(62)57-25-15-14-20-45(57)55(63)69-49(38(5)29-42-22-24-46(58)50(30-42)65-9)32-47(59)37(4)28-39(6)51(60)52(66-10)41(8)36(3)27-34/h11-13,17-18,30,36,38-40,42,44-47,49-54,60,62,66H,8,14-16,19-29,31-35H2,1-7,9-10H3;11-13,17-18,28,34,36-38,40,42-46,48-52,58,60,64H,8,14-16,19-27,29-33H2,1-7,9-10H3/b13-11+,17-12+,37-18+,41-30+;13-11+,17-12+,35-18+,39-28+. The Morgan fingerprint density at radius 1 is 0.455 bits per heavy atom. The zero-order chi connectivity index (χ0) is 105. The van der Waals surface area contributed by atoms with Crippen molar-refractivity contribution in [2.45, 2.75) is 398 Å². The van der Waals surface area contributed by atoms with E-state index >= 15 is 0 Å². The van der Waals surface area contributed by atoms with E-state index in [1.54, 1.807) is 82.1 Å². The van der Waals surface area contributed by atoms with Crippen LogP contribution in [0.5, 0.6) is 0 Å². The molecule has 0 aromatic rings. The van der Waals surface area contributed by atoms with Crippen LogP contribution < -0.4 is 0 Å². The monoisotopic (exact) mass is 2010 g/mol. The van der Waals surface area contributed by atoms with Gasteiger partial charge in [0.25, 0.3) is 23.4 Å². The Hall–Kier alpha value is -6.72. The largest absolute Gasteiger partial charge is 0.460 e. The van der Waals surface area contributed by atoms with Crippen LogP contribution in [0.2, 0.25) is 0 Å². The number of ether oxygens (including phenoxy) is 13. The summed E-state index contributed by atoms with van der Waals surface area (Å²) < 4.78 is 79.1. The Balaban J connectivity index is 0.000000319. The summed E-state index contributed by atoms with van der Waals surface area (Å²) in [6, 6.07) is -2.26. The smallest absolute Gasteiger partial charge is 0.329 e. The molecule has 8 aliphatic heterocycles. The molecular formula is C114H178N2O27. The van der Waals surface area contributed by atoms with Gasteiger partial charge in [-0.25, -0.2) is 9.59 Å². The normalized spacial score (nSPS) is 40.0. The molecule has 2 saturated carbocycles. The van der Waals surface area contributed by atoms with Crippen LogP contribution in [-0.4, -0.2) is 290 Å². The number of fused-ring (bicyclic) bond motifs is 6. The number of ketones is 4. The Morgan fingerprint density at radius 2 is 0.867 bits per heavy atom. The molecule has 2 aliphatic carbocycles.